The van der Waals surface area contributed by atoms with E-state index in [1.165, 1.54) is 34.4 Å². The zero-order valence-electron chi connectivity index (χ0n) is 20.0. The molecule has 1 aromatic heterocycles. The minimum Gasteiger partial charge on any atom is -0.327 e. The molecule has 3 aromatic carbocycles. The number of imidazole rings is 1. The zero-order chi connectivity index (χ0) is 22.9. The highest BCUT2D eigenvalue weighted by Gasteiger charge is 2.15. The van der Waals surface area contributed by atoms with Gasteiger partial charge >= 0.3 is 0 Å². The minimum atomic E-state index is 0.893. The first-order valence-electron chi connectivity index (χ1n) is 12.1. The molecular formula is C30H35N3. The molecule has 1 heterocycles. The average molecular weight is 438 g/mol. The summed E-state index contributed by atoms with van der Waals surface area (Å²) in [5.74, 6) is 1.08. The van der Waals surface area contributed by atoms with Crippen LogP contribution in [-0.4, -0.2) is 21.0 Å². The van der Waals surface area contributed by atoms with Crippen LogP contribution in [-0.2, 0) is 26.1 Å². The molecule has 0 saturated carbocycles. The Morgan fingerprint density at radius 3 is 2.27 bits per heavy atom. The molecule has 0 atom stereocenters. The summed E-state index contributed by atoms with van der Waals surface area (Å²) in [4.78, 5) is 7.43. The molecule has 0 spiro atoms. The Bertz CT molecular complexity index is 1120. The third kappa shape index (κ3) is 6.43. The zero-order valence-corrected chi connectivity index (χ0v) is 20.0. The van der Waals surface area contributed by atoms with Crippen LogP contribution in [0.15, 0.2) is 91.1 Å². The van der Waals surface area contributed by atoms with Crippen molar-refractivity contribution in [3.05, 3.63) is 114 Å². The lowest BCUT2D eigenvalue weighted by atomic mass is 10.1. The van der Waals surface area contributed by atoms with Crippen molar-refractivity contribution in [1.82, 2.24) is 14.5 Å². The maximum atomic E-state index is 4.87. The molecule has 0 radical (unpaired) electrons. The molecule has 0 N–H and O–H groups in total. The van der Waals surface area contributed by atoms with Crippen LogP contribution in [0.3, 0.4) is 0 Å². The Balaban J connectivity index is 1.59. The van der Waals surface area contributed by atoms with Crippen LogP contribution in [0.25, 0.3) is 11.4 Å². The third-order valence-electron chi connectivity index (χ3n) is 6.14. The highest BCUT2D eigenvalue weighted by molar-refractivity contribution is 5.55. The Kier molecular flexibility index (Phi) is 8.10. The van der Waals surface area contributed by atoms with Gasteiger partial charge in [0.05, 0.1) is 11.9 Å². The van der Waals surface area contributed by atoms with Crippen LogP contribution in [0, 0.1) is 6.92 Å². The highest BCUT2D eigenvalue weighted by atomic mass is 15.2. The maximum absolute atomic E-state index is 4.87. The molecule has 0 aliphatic heterocycles. The molecule has 0 fully saturated rings. The summed E-state index contributed by atoms with van der Waals surface area (Å²) >= 11 is 0. The van der Waals surface area contributed by atoms with Gasteiger partial charge in [0.1, 0.15) is 5.82 Å². The van der Waals surface area contributed by atoms with Crippen molar-refractivity contribution in [1.29, 1.82) is 0 Å². The van der Waals surface area contributed by atoms with Crippen molar-refractivity contribution in [2.45, 2.75) is 52.7 Å². The van der Waals surface area contributed by atoms with Crippen molar-refractivity contribution < 1.29 is 0 Å². The molecule has 170 valence electrons. The standard InChI is InChI=1S/C30H35N3/c1-3-4-19-33-29(22-31-30(33)28-16-9-6-10-17-28)24-32(20-18-26-13-7-5-8-14-26)23-27-15-11-12-25(2)21-27/h5-17,21-22H,3-4,18-20,23-24H2,1-2H3. The van der Waals surface area contributed by atoms with Gasteiger partial charge in [-0.3, -0.25) is 4.90 Å². The Labute approximate surface area is 198 Å². The second-order valence-electron chi connectivity index (χ2n) is 8.88. The van der Waals surface area contributed by atoms with E-state index >= 15 is 0 Å². The summed E-state index contributed by atoms with van der Waals surface area (Å²) in [7, 11) is 0. The van der Waals surface area contributed by atoms with Gasteiger partial charge < -0.3 is 4.57 Å². The number of benzene rings is 3. The molecule has 4 rings (SSSR count). The fourth-order valence-corrected chi connectivity index (χ4v) is 4.36. The Morgan fingerprint density at radius 2 is 1.55 bits per heavy atom. The molecule has 33 heavy (non-hydrogen) atoms. The largest absolute Gasteiger partial charge is 0.327 e. The number of nitrogens with zero attached hydrogens (tertiary/aromatic N) is 3. The van der Waals surface area contributed by atoms with Crippen LogP contribution in [0.4, 0.5) is 0 Å². The van der Waals surface area contributed by atoms with Crippen LogP contribution < -0.4 is 0 Å². The summed E-state index contributed by atoms with van der Waals surface area (Å²) in [6, 6.07) is 30.3. The first-order valence-corrected chi connectivity index (χ1v) is 12.1. The molecule has 3 heteroatoms. The summed E-state index contributed by atoms with van der Waals surface area (Å²) < 4.78 is 2.44. The smallest absolute Gasteiger partial charge is 0.140 e. The number of hydrogen-bond acceptors (Lipinski definition) is 2. The molecule has 0 amide bonds. The third-order valence-corrected chi connectivity index (χ3v) is 6.14. The number of aryl methyl sites for hydroxylation is 1. The monoisotopic (exact) mass is 437 g/mol. The van der Waals surface area contributed by atoms with Gasteiger partial charge in [-0.1, -0.05) is 104 Å². The first kappa shape index (κ1) is 23.0. The van der Waals surface area contributed by atoms with Gasteiger partial charge in [-0.15, -0.1) is 0 Å². The van der Waals surface area contributed by atoms with Crippen molar-refractivity contribution in [3.8, 4) is 11.4 Å². The molecule has 3 nitrogen and oxygen atoms in total. The van der Waals surface area contributed by atoms with E-state index in [-0.39, 0.29) is 0 Å². The molecular weight excluding hydrogens is 402 g/mol. The van der Waals surface area contributed by atoms with E-state index < -0.39 is 0 Å². The van der Waals surface area contributed by atoms with Crippen LogP contribution in [0.2, 0.25) is 0 Å². The van der Waals surface area contributed by atoms with Gasteiger partial charge in [-0.25, -0.2) is 4.98 Å². The second-order valence-corrected chi connectivity index (χ2v) is 8.88. The van der Waals surface area contributed by atoms with E-state index in [1.807, 2.05) is 0 Å². The van der Waals surface area contributed by atoms with Gasteiger partial charge in [0.25, 0.3) is 0 Å². The van der Waals surface area contributed by atoms with Gasteiger partial charge in [0, 0.05) is 31.7 Å². The van der Waals surface area contributed by atoms with Crippen LogP contribution >= 0.6 is 0 Å². The lowest BCUT2D eigenvalue weighted by Crippen LogP contribution is -2.27. The summed E-state index contributed by atoms with van der Waals surface area (Å²) in [5, 5.41) is 0. The number of rotatable bonds is 11. The van der Waals surface area contributed by atoms with Gasteiger partial charge in [-0.2, -0.15) is 0 Å². The summed E-state index contributed by atoms with van der Waals surface area (Å²) in [5.41, 5.74) is 6.55. The van der Waals surface area contributed by atoms with Crippen molar-refractivity contribution in [3.63, 3.8) is 0 Å². The summed E-state index contributed by atoms with van der Waals surface area (Å²) in [6.07, 6.45) is 5.46. The highest BCUT2D eigenvalue weighted by Crippen LogP contribution is 2.22. The van der Waals surface area contributed by atoms with E-state index in [1.54, 1.807) is 0 Å². The van der Waals surface area contributed by atoms with Gasteiger partial charge in [0.15, 0.2) is 0 Å². The summed E-state index contributed by atoms with van der Waals surface area (Å²) in [6.45, 7) is 8.27. The predicted octanol–water partition coefficient (Wildman–Crippen LogP) is 6.90. The van der Waals surface area contributed by atoms with Crippen molar-refractivity contribution in [2.75, 3.05) is 6.54 Å². The maximum Gasteiger partial charge on any atom is 0.140 e. The van der Waals surface area contributed by atoms with Crippen molar-refractivity contribution in [2.24, 2.45) is 0 Å². The van der Waals surface area contributed by atoms with Crippen molar-refractivity contribution >= 4 is 0 Å². The Morgan fingerprint density at radius 1 is 0.818 bits per heavy atom. The van der Waals surface area contributed by atoms with Crippen LogP contribution in [0.5, 0.6) is 0 Å². The molecule has 0 saturated heterocycles. The predicted molar refractivity (Wildman–Crippen MR) is 138 cm³/mol. The topological polar surface area (TPSA) is 21.1 Å². The lowest BCUT2D eigenvalue weighted by Gasteiger charge is -2.24. The average Bonchev–Trinajstić information content (AvgIpc) is 3.24. The van der Waals surface area contributed by atoms with E-state index in [2.05, 4.69) is 114 Å². The molecule has 0 unspecified atom stereocenters. The minimum absolute atomic E-state index is 0.893. The number of hydrogen-bond donors (Lipinski definition) is 0. The van der Waals surface area contributed by atoms with E-state index in [0.29, 0.717) is 0 Å². The molecule has 0 aliphatic rings. The second kappa shape index (κ2) is 11.6. The molecule has 0 aliphatic carbocycles. The first-order chi connectivity index (χ1) is 16.2. The normalized spacial score (nSPS) is 11.2. The van der Waals surface area contributed by atoms with Crippen LogP contribution in [0.1, 0.15) is 42.1 Å². The fraction of sp³-hybridized carbons (Fsp3) is 0.300. The van der Waals surface area contributed by atoms with Gasteiger partial charge in [-0.05, 0) is 30.9 Å². The molecule has 4 aromatic rings. The van der Waals surface area contributed by atoms with Gasteiger partial charge in [0.2, 0.25) is 0 Å². The van der Waals surface area contributed by atoms with E-state index in [9.17, 15) is 0 Å². The number of aromatic nitrogens is 2. The lowest BCUT2D eigenvalue weighted by molar-refractivity contribution is 0.253. The SMILES string of the molecule is CCCCn1c(CN(CCc2ccccc2)Cc2cccc(C)c2)cnc1-c1ccccc1. The fourth-order valence-electron chi connectivity index (χ4n) is 4.36. The van der Waals surface area contributed by atoms with E-state index in [0.717, 1.165) is 44.8 Å². The van der Waals surface area contributed by atoms with E-state index in [4.69, 9.17) is 4.98 Å². The molecule has 0 bridgehead atoms. The quantitative estimate of drug-likeness (QED) is 0.254. The Hall–Kier alpha value is -3.17. The number of unbranched alkanes of at least 4 members (excludes halogenated alkanes) is 1.